The standard InChI is InChI=1S/C9H6INO2S/c1-5-4-14-8-3-6(10)2-7(9(5)8)11(12)13/h2-4H,1H3. The van der Waals surface area contributed by atoms with Gasteiger partial charge in [-0.15, -0.1) is 11.3 Å². The smallest absolute Gasteiger partial charge is 0.258 e. The minimum absolute atomic E-state index is 0.214. The van der Waals surface area contributed by atoms with Crippen LogP contribution in [0.2, 0.25) is 0 Å². The van der Waals surface area contributed by atoms with E-state index < -0.39 is 0 Å². The van der Waals surface area contributed by atoms with Gasteiger partial charge in [0.15, 0.2) is 0 Å². The van der Waals surface area contributed by atoms with Crippen LogP contribution in [0.15, 0.2) is 17.5 Å². The highest BCUT2D eigenvalue weighted by Gasteiger charge is 2.16. The van der Waals surface area contributed by atoms with Gasteiger partial charge in [0.2, 0.25) is 0 Å². The lowest BCUT2D eigenvalue weighted by atomic mass is 10.1. The molecular formula is C9H6INO2S. The minimum atomic E-state index is -0.315. The van der Waals surface area contributed by atoms with E-state index >= 15 is 0 Å². The number of nitrogens with zero attached hydrogens (tertiary/aromatic N) is 1. The van der Waals surface area contributed by atoms with Crippen molar-refractivity contribution in [1.82, 2.24) is 0 Å². The Hall–Kier alpha value is -0.690. The maximum atomic E-state index is 10.8. The third-order valence-electron chi connectivity index (χ3n) is 2.00. The largest absolute Gasteiger partial charge is 0.279 e. The van der Waals surface area contributed by atoms with Gasteiger partial charge >= 0.3 is 0 Å². The number of thiophene rings is 1. The van der Waals surface area contributed by atoms with Gasteiger partial charge in [0.1, 0.15) is 0 Å². The van der Waals surface area contributed by atoms with E-state index in [2.05, 4.69) is 22.6 Å². The Morgan fingerprint density at radius 3 is 2.86 bits per heavy atom. The van der Waals surface area contributed by atoms with Crippen LogP contribution < -0.4 is 0 Å². The number of aryl methyl sites for hydroxylation is 1. The molecule has 1 aromatic heterocycles. The van der Waals surface area contributed by atoms with Gasteiger partial charge in [0, 0.05) is 14.3 Å². The van der Waals surface area contributed by atoms with Gasteiger partial charge < -0.3 is 0 Å². The quantitative estimate of drug-likeness (QED) is 0.457. The highest BCUT2D eigenvalue weighted by molar-refractivity contribution is 14.1. The molecule has 3 nitrogen and oxygen atoms in total. The first kappa shape index (κ1) is 9.85. The fourth-order valence-electron chi connectivity index (χ4n) is 1.41. The van der Waals surface area contributed by atoms with Crippen molar-refractivity contribution in [3.05, 3.63) is 36.8 Å². The molecule has 0 spiro atoms. The lowest BCUT2D eigenvalue weighted by molar-refractivity contribution is -0.383. The average molecular weight is 319 g/mol. The molecule has 0 bridgehead atoms. The van der Waals surface area contributed by atoms with Crippen LogP contribution >= 0.6 is 33.9 Å². The Kier molecular flexibility index (Phi) is 2.44. The maximum absolute atomic E-state index is 10.8. The highest BCUT2D eigenvalue weighted by Crippen LogP contribution is 2.34. The molecule has 72 valence electrons. The zero-order valence-corrected chi connectivity index (χ0v) is 10.3. The van der Waals surface area contributed by atoms with E-state index in [1.165, 1.54) is 0 Å². The Labute approximate surface area is 98.0 Å². The molecule has 0 aliphatic heterocycles. The summed E-state index contributed by atoms with van der Waals surface area (Å²) in [5.74, 6) is 0. The lowest BCUT2D eigenvalue weighted by Gasteiger charge is -1.96. The summed E-state index contributed by atoms with van der Waals surface area (Å²) in [6, 6.07) is 3.59. The molecular weight excluding hydrogens is 313 g/mol. The summed E-state index contributed by atoms with van der Waals surface area (Å²) >= 11 is 3.65. The van der Waals surface area contributed by atoms with E-state index in [9.17, 15) is 10.1 Å². The van der Waals surface area contributed by atoms with Crippen molar-refractivity contribution in [2.75, 3.05) is 0 Å². The van der Waals surface area contributed by atoms with Crippen LogP contribution in [0, 0.1) is 20.6 Å². The second-order valence-electron chi connectivity index (χ2n) is 2.97. The fraction of sp³-hybridized carbons (Fsp3) is 0.111. The van der Waals surface area contributed by atoms with Crippen LogP contribution in [0.4, 0.5) is 5.69 Å². The van der Waals surface area contributed by atoms with Gasteiger partial charge in [-0.05, 0) is 46.5 Å². The number of benzene rings is 1. The lowest BCUT2D eigenvalue weighted by Crippen LogP contribution is -1.89. The topological polar surface area (TPSA) is 43.1 Å². The molecule has 0 aliphatic rings. The predicted octanol–water partition coefficient (Wildman–Crippen LogP) is 3.72. The molecule has 1 aromatic carbocycles. The Morgan fingerprint density at radius 1 is 1.50 bits per heavy atom. The number of rotatable bonds is 1. The number of fused-ring (bicyclic) bond motifs is 1. The molecule has 0 radical (unpaired) electrons. The maximum Gasteiger partial charge on any atom is 0.279 e. The number of non-ortho nitro benzene ring substituents is 1. The van der Waals surface area contributed by atoms with E-state index in [1.807, 2.05) is 18.4 Å². The molecule has 0 saturated heterocycles. The van der Waals surface area contributed by atoms with E-state index in [1.54, 1.807) is 17.4 Å². The van der Waals surface area contributed by atoms with Gasteiger partial charge in [0.05, 0.1) is 10.3 Å². The molecule has 0 saturated carbocycles. The fourth-order valence-corrected chi connectivity index (χ4v) is 3.23. The second-order valence-corrected chi connectivity index (χ2v) is 5.13. The van der Waals surface area contributed by atoms with Crippen LogP contribution in [0.1, 0.15) is 5.56 Å². The van der Waals surface area contributed by atoms with Crippen molar-refractivity contribution in [2.24, 2.45) is 0 Å². The second kappa shape index (κ2) is 3.47. The Morgan fingerprint density at radius 2 is 2.21 bits per heavy atom. The first-order chi connectivity index (χ1) is 6.59. The Bertz CT molecular complexity index is 521. The van der Waals surface area contributed by atoms with Crippen molar-refractivity contribution >= 4 is 49.7 Å². The van der Waals surface area contributed by atoms with E-state index in [-0.39, 0.29) is 10.6 Å². The number of halogens is 1. The molecule has 0 amide bonds. The van der Waals surface area contributed by atoms with Crippen LogP contribution in [-0.4, -0.2) is 4.92 Å². The van der Waals surface area contributed by atoms with Gasteiger partial charge in [-0.3, -0.25) is 10.1 Å². The monoisotopic (exact) mass is 319 g/mol. The van der Waals surface area contributed by atoms with Crippen LogP contribution in [0.5, 0.6) is 0 Å². The third-order valence-corrected chi connectivity index (χ3v) is 3.67. The molecule has 1 heterocycles. The third kappa shape index (κ3) is 1.50. The number of nitro benzene ring substituents is 1. The highest BCUT2D eigenvalue weighted by atomic mass is 127. The molecule has 2 aromatic rings. The number of hydrogen-bond acceptors (Lipinski definition) is 3. The molecule has 5 heteroatoms. The predicted molar refractivity (Wildman–Crippen MR) is 65.9 cm³/mol. The molecule has 0 aliphatic carbocycles. The summed E-state index contributed by atoms with van der Waals surface area (Å²) in [6.07, 6.45) is 0. The first-order valence-corrected chi connectivity index (χ1v) is 5.87. The van der Waals surface area contributed by atoms with E-state index in [0.717, 1.165) is 19.2 Å². The summed E-state index contributed by atoms with van der Waals surface area (Å²) in [5.41, 5.74) is 1.19. The summed E-state index contributed by atoms with van der Waals surface area (Å²) in [5, 5.41) is 13.6. The summed E-state index contributed by atoms with van der Waals surface area (Å²) in [6.45, 7) is 1.90. The van der Waals surface area contributed by atoms with Crippen molar-refractivity contribution in [1.29, 1.82) is 0 Å². The summed E-state index contributed by atoms with van der Waals surface area (Å²) in [4.78, 5) is 10.5. The van der Waals surface area contributed by atoms with Crippen molar-refractivity contribution in [3.63, 3.8) is 0 Å². The molecule has 2 rings (SSSR count). The van der Waals surface area contributed by atoms with Crippen LogP contribution in [0.25, 0.3) is 10.1 Å². The normalized spacial score (nSPS) is 10.7. The van der Waals surface area contributed by atoms with Crippen molar-refractivity contribution in [3.8, 4) is 0 Å². The summed E-state index contributed by atoms with van der Waals surface area (Å²) in [7, 11) is 0. The summed E-state index contributed by atoms with van der Waals surface area (Å²) < 4.78 is 1.89. The molecule has 0 unspecified atom stereocenters. The van der Waals surface area contributed by atoms with E-state index in [4.69, 9.17) is 0 Å². The molecule has 14 heavy (non-hydrogen) atoms. The number of nitro groups is 1. The number of hydrogen-bond donors (Lipinski definition) is 0. The van der Waals surface area contributed by atoms with E-state index in [0.29, 0.717) is 0 Å². The SMILES string of the molecule is Cc1csc2cc(I)cc([N+](=O)[O-])c12. The van der Waals surface area contributed by atoms with Gasteiger partial charge in [0.25, 0.3) is 5.69 Å². The van der Waals surface area contributed by atoms with Crippen molar-refractivity contribution < 1.29 is 4.92 Å². The zero-order chi connectivity index (χ0) is 10.3. The van der Waals surface area contributed by atoms with Gasteiger partial charge in [-0.1, -0.05) is 0 Å². The van der Waals surface area contributed by atoms with Crippen molar-refractivity contribution in [2.45, 2.75) is 6.92 Å². The molecule has 0 N–H and O–H groups in total. The average Bonchev–Trinajstić information content (AvgIpc) is 2.46. The van der Waals surface area contributed by atoms with Crippen LogP contribution in [0.3, 0.4) is 0 Å². The zero-order valence-electron chi connectivity index (χ0n) is 7.28. The Balaban J connectivity index is 2.90. The first-order valence-electron chi connectivity index (χ1n) is 3.91. The van der Waals surface area contributed by atoms with Crippen LogP contribution in [-0.2, 0) is 0 Å². The van der Waals surface area contributed by atoms with Gasteiger partial charge in [-0.2, -0.15) is 0 Å². The minimum Gasteiger partial charge on any atom is -0.258 e. The van der Waals surface area contributed by atoms with Gasteiger partial charge in [-0.25, -0.2) is 0 Å². The molecule has 0 atom stereocenters. The molecule has 0 fully saturated rings.